The predicted octanol–water partition coefficient (Wildman–Crippen LogP) is 11.1. The lowest BCUT2D eigenvalue weighted by Gasteiger charge is -2.19. The van der Waals surface area contributed by atoms with Gasteiger partial charge in [0.2, 0.25) is 0 Å². The Kier molecular flexibility index (Phi) is 35.6. The normalized spacial score (nSPS) is 13.5. The van der Waals surface area contributed by atoms with E-state index >= 15 is 0 Å². The summed E-state index contributed by atoms with van der Waals surface area (Å²) >= 11 is 0. The largest absolute Gasteiger partial charge is 0.472 e. The second-order valence-corrected chi connectivity index (χ2v) is 15.0. The lowest BCUT2D eigenvalue weighted by Crippen LogP contribution is -2.29. The third-order valence-corrected chi connectivity index (χ3v) is 9.64. The number of allylic oxidation sites excluding steroid dienone is 2. The first-order valence-corrected chi connectivity index (χ1v) is 21.7. The van der Waals surface area contributed by atoms with Crippen molar-refractivity contribution in [2.45, 2.75) is 200 Å². The van der Waals surface area contributed by atoms with Crippen LogP contribution >= 0.6 is 7.82 Å². The Balaban J connectivity index is 4.16. The van der Waals surface area contributed by atoms with E-state index in [9.17, 15) is 19.0 Å². The molecule has 0 saturated carbocycles. The number of phosphoric acid groups is 1. The number of unbranched alkanes of at least 4 members (excludes halogenated alkanes) is 23. The van der Waals surface area contributed by atoms with Crippen LogP contribution in [0.25, 0.3) is 0 Å². The number of hydrogen-bond donors (Lipinski definition) is 2. The molecule has 0 aliphatic rings. The molecule has 0 radical (unpaired) electrons. The van der Waals surface area contributed by atoms with E-state index in [0.717, 1.165) is 44.9 Å². The Morgan fingerprint density at radius 2 is 1.00 bits per heavy atom. The number of rotatable bonds is 38. The molecule has 0 rings (SSSR count). The van der Waals surface area contributed by atoms with E-state index < -0.39 is 26.5 Å². The van der Waals surface area contributed by atoms with Gasteiger partial charge in [0.25, 0.3) is 0 Å². The van der Waals surface area contributed by atoms with E-state index in [2.05, 4.69) is 26.0 Å². The van der Waals surface area contributed by atoms with E-state index in [1.807, 2.05) is 0 Å². The van der Waals surface area contributed by atoms with E-state index in [0.29, 0.717) is 6.42 Å². The molecule has 0 aliphatic heterocycles. The minimum absolute atomic E-state index is 0.0552. The quantitative estimate of drug-likeness (QED) is 0.0277. The zero-order valence-electron chi connectivity index (χ0n) is 31.7. The van der Waals surface area contributed by atoms with Crippen LogP contribution in [0.5, 0.6) is 0 Å². The van der Waals surface area contributed by atoms with E-state index in [1.54, 1.807) is 0 Å². The highest BCUT2D eigenvalue weighted by Gasteiger charge is 2.26. The Hall–Kier alpha value is -1.25. The molecule has 290 valence electrons. The van der Waals surface area contributed by atoms with Gasteiger partial charge in [-0.3, -0.25) is 18.6 Å². The molecule has 10 heteroatoms. The second-order valence-electron chi connectivity index (χ2n) is 13.5. The average molecular weight is 718 g/mol. The number of nitrogens with two attached hydrogens (primary N) is 1. The second kappa shape index (κ2) is 36.5. The van der Waals surface area contributed by atoms with E-state index in [1.165, 1.54) is 116 Å². The molecule has 0 saturated heterocycles. The first-order chi connectivity index (χ1) is 23.8. The Morgan fingerprint density at radius 1 is 0.592 bits per heavy atom. The van der Waals surface area contributed by atoms with Crippen LogP contribution in [-0.2, 0) is 32.7 Å². The third kappa shape index (κ3) is 36.3. The van der Waals surface area contributed by atoms with Crippen molar-refractivity contribution in [2.75, 3.05) is 26.4 Å². The Labute approximate surface area is 300 Å². The summed E-state index contributed by atoms with van der Waals surface area (Å²) in [6.07, 6.45) is 35.2. The number of carbonyl (C=O) groups excluding carboxylic acids is 2. The molecule has 0 bridgehead atoms. The van der Waals surface area contributed by atoms with Crippen LogP contribution in [0.4, 0.5) is 0 Å². The highest BCUT2D eigenvalue weighted by molar-refractivity contribution is 7.47. The molecule has 2 atom stereocenters. The molecule has 49 heavy (non-hydrogen) atoms. The summed E-state index contributed by atoms with van der Waals surface area (Å²) in [6, 6.07) is 0. The SMILES string of the molecule is CCCCCCCC/C=C/CCCCCCCCCC(=O)O[C@H](COC(=O)CCCCCCCCCCCCC)COP(=O)(O)OCCN. The van der Waals surface area contributed by atoms with Crippen molar-refractivity contribution < 1.29 is 37.6 Å². The summed E-state index contributed by atoms with van der Waals surface area (Å²) in [5, 5.41) is 0. The smallest absolute Gasteiger partial charge is 0.462 e. The van der Waals surface area contributed by atoms with Gasteiger partial charge in [-0.2, -0.15) is 0 Å². The van der Waals surface area contributed by atoms with Gasteiger partial charge in [0.1, 0.15) is 6.61 Å². The standard InChI is InChI=1S/C39H76NO8P/c1-3-5-7-9-11-13-15-16-17-18-19-20-22-24-26-28-30-32-39(42)48-37(36-47-49(43,44)46-34-33-40)35-45-38(41)31-29-27-25-23-21-14-12-10-8-6-4-2/h16-17,37H,3-15,18-36,40H2,1-2H3,(H,43,44)/b17-16+/t37-/m1/s1. The summed E-state index contributed by atoms with van der Waals surface area (Å²) in [5.41, 5.74) is 5.33. The lowest BCUT2D eigenvalue weighted by molar-refractivity contribution is -0.161. The molecule has 0 aromatic heterocycles. The van der Waals surface area contributed by atoms with Gasteiger partial charge in [0.05, 0.1) is 13.2 Å². The predicted molar refractivity (Wildman–Crippen MR) is 201 cm³/mol. The highest BCUT2D eigenvalue weighted by Crippen LogP contribution is 2.43. The van der Waals surface area contributed by atoms with E-state index in [-0.39, 0.29) is 38.6 Å². The Morgan fingerprint density at radius 3 is 1.45 bits per heavy atom. The summed E-state index contributed by atoms with van der Waals surface area (Å²) in [7, 11) is -4.37. The number of esters is 2. The van der Waals surface area contributed by atoms with Crippen molar-refractivity contribution in [2.24, 2.45) is 5.73 Å². The van der Waals surface area contributed by atoms with Gasteiger partial charge in [-0.05, 0) is 38.5 Å². The lowest BCUT2D eigenvalue weighted by atomic mass is 10.1. The number of ether oxygens (including phenoxy) is 2. The molecule has 0 aromatic rings. The summed E-state index contributed by atoms with van der Waals surface area (Å²) < 4.78 is 32.7. The molecule has 0 fully saturated rings. The van der Waals surface area contributed by atoms with Crippen LogP contribution in [0.1, 0.15) is 194 Å². The molecule has 9 nitrogen and oxygen atoms in total. The number of carbonyl (C=O) groups is 2. The molecule has 0 aromatic carbocycles. The van der Waals surface area contributed by atoms with Gasteiger partial charge in [0.15, 0.2) is 6.10 Å². The Bertz CT molecular complexity index is 825. The highest BCUT2D eigenvalue weighted by atomic mass is 31.2. The molecule has 0 amide bonds. The van der Waals surface area contributed by atoms with Crippen LogP contribution < -0.4 is 5.73 Å². The molecule has 0 heterocycles. The molecule has 3 N–H and O–H groups in total. The van der Waals surface area contributed by atoms with Gasteiger partial charge in [-0.15, -0.1) is 0 Å². The van der Waals surface area contributed by atoms with Crippen molar-refractivity contribution in [1.82, 2.24) is 0 Å². The van der Waals surface area contributed by atoms with Gasteiger partial charge >= 0.3 is 19.8 Å². The van der Waals surface area contributed by atoms with Crippen molar-refractivity contribution in [3.8, 4) is 0 Å². The van der Waals surface area contributed by atoms with Gasteiger partial charge < -0.3 is 20.1 Å². The zero-order valence-corrected chi connectivity index (χ0v) is 32.6. The molecular formula is C39H76NO8P. The summed E-state index contributed by atoms with van der Waals surface area (Å²) in [5.74, 6) is -0.828. The first kappa shape index (κ1) is 47.8. The zero-order chi connectivity index (χ0) is 36.1. The first-order valence-electron chi connectivity index (χ1n) is 20.2. The van der Waals surface area contributed by atoms with Crippen molar-refractivity contribution >= 4 is 19.8 Å². The fraction of sp³-hybridized carbons (Fsp3) is 0.897. The maximum absolute atomic E-state index is 12.5. The van der Waals surface area contributed by atoms with Crippen LogP contribution in [-0.4, -0.2) is 49.3 Å². The minimum atomic E-state index is -4.37. The maximum Gasteiger partial charge on any atom is 0.472 e. The van der Waals surface area contributed by atoms with E-state index in [4.69, 9.17) is 24.3 Å². The van der Waals surface area contributed by atoms with Gasteiger partial charge in [-0.1, -0.05) is 154 Å². The van der Waals surface area contributed by atoms with Crippen molar-refractivity contribution in [3.05, 3.63) is 12.2 Å². The fourth-order valence-corrected chi connectivity index (χ4v) is 6.39. The average Bonchev–Trinajstić information content (AvgIpc) is 3.08. The monoisotopic (exact) mass is 718 g/mol. The van der Waals surface area contributed by atoms with Gasteiger partial charge in [-0.25, -0.2) is 4.57 Å². The van der Waals surface area contributed by atoms with Crippen LogP contribution in [0.15, 0.2) is 12.2 Å². The molecule has 1 unspecified atom stereocenters. The topological polar surface area (TPSA) is 134 Å². The maximum atomic E-state index is 12.5. The minimum Gasteiger partial charge on any atom is -0.462 e. The van der Waals surface area contributed by atoms with Crippen LogP contribution in [0.2, 0.25) is 0 Å². The summed E-state index contributed by atoms with van der Waals surface area (Å²) in [6.45, 7) is 3.72. The summed E-state index contributed by atoms with van der Waals surface area (Å²) in [4.78, 5) is 34.7. The molecular weight excluding hydrogens is 641 g/mol. The van der Waals surface area contributed by atoms with Crippen LogP contribution in [0.3, 0.4) is 0 Å². The fourth-order valence-electron chi connectivity index (χ4n) is 5.63. The molecule has 0 aliphatic carbocycles. The number of phosphoric ester groups is 1. The van der Waals surface area contributed by atoms with Crippen LogP contribution in [0, 0.1) is 0 Å². The molecule has 0 spiro atoms. The van der Waals surface area contributed by atoms with Crippen molar-refractivity contribution in [3.63, 3.8) is 0 Å². The van der Waals surface area contributed by atoms with Crippen molar-refractivity contribution in [1.29, 1.82) is 0 Å². The number of hydrogen-bond acceptors (Lipinski definition) is 8. The van der Waals surface area contributed by atoms with Gasteiger partial charge in [0, 0.05) is 19.4 Å². The third-order valence-electron chi connectivity index (χ3n) is 8.65.